The van der Waals surface area contributed by atoms with E-state index >= 15 is 0 Å². The molecule has 1 aromatic carbocycles. The molecule has 0 spiro atoms. The highest BCUT2D eigenvalue weighted by atomic mass is 16.5. The van der Waals surface area contributed by atoms with Crippen LogP contribution < -0.4 is 16.0 Å². The number of rotatable bonds is 15. The molecule has 2 rings (SSSR count). The van der Waals surface area contributed by atoms with Crippen LogP contribution >= 0.6 is 0 Å². The zero-order valence-corrected chi connectivity index (χ0v) is 21.0. The Morgan fingerprint density at radius 2 is 1.81 bits per heavy atom. The molecular formula is C25H35N5O7. The summed E-state index contributed by atoms with van der Waals surface area (Å²) in [5, 5.41) is 27.5. The molecule has 3 amide bonds. The average molecular weight is 518 g/mol. The predicted molar refractivity (Wildman–Crippen MR) is 133 cm³/mol. The molecule has 1 heterocycles. The van der Waals surface area contributed by atoms with Crippen molar-refractivity contribution in [3.8, 4) is 0 Å². The number of benzene rings is 1. The minimum Gasteiger partial charge on any atom is -0.480 e. The summed E-state index contributed by atoms with van der Waals surface area (Å²) in [5.74, 6) is -2.13. The Hall–Kier alpha value is -3.93. The number of nitrogens with zero attached hydrogens (tertiary/aromatic N) is 1. The first-order chi connectivity index (χ1) is 17.6. The number of hydrogen-bond acceptors (Lipinski definition) is 7. The van der Waals surface area contributed by atoms with Gasteiger partial charge in [-0.3, -0.25) is 9.59 Å². The number of aromatic nitrogens is 2. The second-order valence-electron chi connectivity index (χ2n) is 9.05. The number of carbonyl (C=O) groups is 4. The summed E-state index contributed by atoms with van der Waals surface area (Å²) in [6.07, 6.45) is 1.03. The van der Waals surface area contributed by atoms with Gasteiger partial charge < -0.3 is 35.9 Å². The Morgan fingerprint density at radius 1 is 1.08 bits per heavy atom. The van der Waals surface area contributed by atoms with Gasteiger partial charge in [0.05, 0.1) is 24.9 Å². The maximum absolute atomic E-state index is 12.3. The van der Waals surface area contributed by atoms with Gasteiger partial charge in [0.25, 0.3) is 0 Å². The molecule has 1 aromatic heterocycles. The molecular weight excluding hydrogens is 482 g/mol. The number of nitrogens with one attached hydrogen (secondary N) is 4. The molecule has 202 valence electrons. The molecule has 0 saturated carbocycles. The SMILES string of the molecule is CC(C)C[C@H](NC(=O)OCc1ccccc1)[C@@H](O)CC(=O)NCCC(=O)N[C@@H](Cc1cnc[nH]1)C(=O)O. The van der Waals surface area contributed by atoms with Crippen molar-refractivity contribution in [1.29, 1.82) is 0 Å². The van der Waals surface area contributed by atoms with Crippen LogP contribution in [0.4, 0.5) is 4.79 Å². The third kappa shape index (κ3) is 11.6. The quantitative estimate of drug-likeness (QED) is 0.203. The molecule has 12 heteroatoms. The van der Waals surface area contributed by atoms with Crippen LogP contribution in [0.1, 0.15) is 44.4 Å². The van der Waals surface area contributed by atoms with Crippen molar-refractivity contribution in [2.75, 3.05) is 6.54 Å². The number of imidazole rings is 1. The van der Waals surface area contributed by atoms with Gasteiger partial charge in [-0.05, 0) is 17.9 Å². The first-order valence-electron chi connectivity index (χ1n) is 12.1. The van der Waals surface area contributed by atoms with Crippen LogP contribution in [-0.4, -0.2) is 68.8 Å². The smallest absolute Gasteiger partial charge is 0.407 e. The monoisotopic (exact) mass is 517 g/mol. The minimum absolute atomic E-state index is 0.0393. The van der Waals surface area contributed by atoms with Crippen molar-refractivity contribution < 1.29 is 34.1 Å². The van der Waals surface area contributed by atoms with E-state index in [1.54, 1.807) is 0 Å². The molecule has 0 fully saturated rings. The van der Waals surface area contributed by atoms with E-state index < -0.39 is 42.1 Å². The minimum atomic E-state index is -1.19. The Morgan fingerprint density at radius 3 is 2.43 bits per heavy atom. The first kappa shape index (κ1) is 29.3. The van der Waals surface area contributed by atoms with Gasteiger partial charge in [0, 0.05) is 31.3 Å². The number of aromatic amines is 1. The molecule has 0 radical (unpaired) electrons. The Balaban J connectivity index is 1.76. The van der Waals surface area contributed by atoms with Crippen LogP contribution in [0.25, 0.3) is 0 Å². The van der Waals surface area contributed by atoms with E-state index in [1.165, 1.54) is 12.5 Å². The predicted octanol–water partition coefficient (Wildman–Crippen LogP) is 1.12. The third-order valence-electron chi connectivity index (χ3n) is 5.39. The molecule has 2 aromatic rings. The number of alkyl carbamates (subject to hydrolysis) is 1. The van der Waals surface area contributed by atoms with Gasteiger partial charge in [0.1, 0.15) is 12.6 Å². The van der Waals surface area contributed by atoms with Crippen molar-refractivity contribution >= 4 is 23.9 Å². The highest BCUT2D eigenvalue weighted by Crippen LogP contribution is 2.12. The fraction of sp³-hybridized carbons (Fsp3) is 0.480. The van der Waals surface area contributed by atoms with E-state index in [2.05, 4.69) is 25.9 Å². The number of carbonyl (C=O) groups excluding carboxylic acids is 3. The van der Waals surface area contributed by atoms with Gasteiger partial charge in [-0.15, -0.1) is 0 Å². The van der Waals surface area contributed by atoms with Crippen LogP contribution in [0.15, 0.2) is 42.9 Å². The summed E-state index contributed by atoms with van der Waals surface area (Å²) in [6, 6.07) is 7.29. The highest BCUT2D eigenvalue weighted by molar-refractivity contribution is 5.84. The Labute approximate surface area is 215 Å². The number of carboxylic acid groups (broad SMARTS) is 1. The fourth-order valence-corrected chi connectivity index (χ4v) is 3.54. The van der Waals surface area contributed by atoms with Crippen molar-refractivity contribution in [2.45, 2.75) is 64.3 Å². The molecule has 0 saturated heterocycles. The number of aliphatic carboxylic acids is 1. The number of amides is 3. The van der Waals surface area contributed by atoms with Crippen LogP contribution in [0.2, 0.25) is 0 Å². The molecule has 0 bridgehead atoms. The molecule has 12 nitrogen and oxygen atoms in total. The van der Waals surface area contributed by atoms with E-state index in [9.17, 15) is 29.4 Å². The number of carboxylic acids is 1. The summed E-state index contributed by atoms with van der Waals surface area (Å²) in [6.45, 7) is 3.87. The number of hydrogen-bond donors (Lipinski definition) is 6. The molecule has 3 atom stereocenters. The Bertz CT molecular complexity index is 998. The molecule has 0 aliphatic heterocycles. The van der Waals surface area contributed by atoms with Crippen molar-refractivity contribution in [3.05, 3.63) is 54.1 Å². The second-order valence-corrected chi connectivity index (χ2v) is 9.05. The maximum atomic E-state index is 12.3. The van der Waals surface area contributed by atoms with Gasteiger partial charge in [0.15, 0.2) is 0 Å². The number of aliphatic hydroxyl groups is 1. The van der Waals surface area contributed by atoms with Gasteiger partial charge >= 0.3 is 12.1 Å². The van der Waals surface area contributed by atoms with Crippen LogP contribution in [0.5, 0.6) is 0 Å². The van der Waals surface area contributed by atoms with Crippen LogP contribution in [-0.2, 0) is 32.1 Å². The summed E-state index contributed by atoms with van der Waals surface area (Å²) in [7, 11) is 0. The maximum Gasteiger partial charge on any atom is 0.407 e. The van der Waals surface area contributed by atoms with Crippen molar-refractivity contribution in [2.24, 2.45) is 5.92 Å². The van der Waals surface area contributed by atoms with E-state index in [0.29, 0.717) is 12.1 Å². The molecule has 0 aliphatic carbocycles. The summed E-state index contributed by atoms with van der Waals surface area (Å²) < 4.78 is 5.21. The van der Waals surface area contributed by atoms with E-state index in [1.807, 2.05) is 44.2 Å². The summed E-state index contributed by atoms with van der Waals surface area (Å²) >= 11 is 0. The zero-order chi connectivity index (χ0) is 27.2. The van der Waals surface area contributed by atoms with E-state index in [-0.39, 0.29) is 38.3 Å². The Kier molecular flexibility index (Phi) is 12.1. The van der Waals surface area contributed by atoms with Gasteiger partial charge in [-0.25, -0.2) is 14.6 Å². The van der Waals surface area contributed by atoms with Gasteiger partial charge in [0.2, 0.25) is 11.8 Å². The number of ether oxygens (including phenoxy) is 1. The lowest BCUT2D eigenvalue weighted by atomic mass is 9.97. The summed E-state index contributed by atoms with van der Waals surface area (Å²) in [5.41, 5.74) is 1.38. The second kappa shape index (κ2) is 15.2. The number of aliphatic hydroxyl groups excluding tert-OH is 1. The lowest BCUT2D eigenvalue weighted by molar-refractivity contribution is -0.141. The molecule has 0 aliphatic rings. The van der Waals surface area contributed by atoms with Crippen molar-refractivity contribution in [3.63, 3.8) is 0 Å². The summed E-state index contributed by atoms with van der Waals surface area (Å²) in [4.78, 5) is 54.7. The number of H-pyrrole nitrogens is 1. The van der Waals surface area contributed by atoms with Crippen LogP contribution in [0.3, 0.4) is 0 Å². The third-order valence-corrected chi connectivity index (χ3v) is 5.39. The lowest BCUT2D eigenvalue weighted by Gasteiger charge is -2.25. The zero-order valence-electron chi connectivity index (χ0n) is 21.0. The van der Waals surface area contributed by atoms with Crippen molar-refractivity contribution in [1.82, 2.24) is 25.9 Å². The van der Waals surface area contributed by atoms with Crippen LogP contribution in [0, 0.1) is 5.92 Å². The lowest BCUT2D eigenvalue weighted by Crippen LogP contribution is -2.46. The average Bonchev–Trinajstić information content (AvgIpc) is 3.35. The van der Waals surface area contributed by atoms with E-state index in [4.69, 9.17) is 4.74 Å². The normalized spacial score (nSPS) is 13.3. The molecule has 0 unspecified atom stereocenters. The van der Waals surface area contributed by atoms with E-state index in [0.717, 1.165) is 5.56 Å². The molecule has 37 heavy (non-hydrogen) atoms. The molecule has 6 N–H and O–H groups in total. The highest BCUT2D eigenvalue weighted by Gasteiger charge is 2.26. The fourth-order valence-electron chi connectivity index (χ4n) is 3.54. The van der Waals surface area contributed by atoms with Gasteiger partial charge in [-0.1, -0.05) is 44.2 Å². The topological polar surface area (TPSA) is 183 Å². The largest absolute Gasteiger partial charge is 0.480 e. The van der Waals surface area contributed by atoms with Gasteiger partial charge in [-0.2, -0.15) is 0 Å². The standard InChI is InChI=1S/C25H35N5O7/c1-16(2)10-19(30-25(36)37-14-17-6-4-3-5-7-17)21(31)12-23(33)27-9-8-22(32)29-20(24(34)35)11-18-13-26-15-28-18/h3-7,13,15-16,19-21,31H,8-12,14H2,1-2H3,(H,26,28)(H,27,33)(H,29,32)(H,30,36)(H,34,35)/t19-,20-,21-/m0/s1. The first-order valence-corrected chi connectivity index (χ1v) is 12.1.